The normalized spacial score (nSPS) is 24.5. The van der Waals surface area contributed by atoms with Gasteiger partial charge in [0.15, 0.2) is 5.78 Å². The van der Waals surface area contributed by atoms with E-state index in [-0.39, 0.29) is 17.6 Å². The summed E-state index contributed by atoms with van der Waals surface area (Å²) in [5, 5.41) is 0.931. The molecule has 2 aliphatic carbocycles. The van der Waals surface area contributed by atoms with Crippen LogP contribution in [0.15, 0.2) is 54.2 Å². The number of likely N-dealkylation sites (tertiary alicyclic amines) is 1. The van der Waals surface area contributed by atoms with Crippen LogP contribution in [0, 0.1) is 11.3 Å². The number of carbonyl (C=O) groups excluding carboxylic acids is 2. The minimum Gasteiger partial charge on any atom is -0.497 e. The highest BCUT2D eigenvalue weighted by atomic mass is 16.5. The van der Waals surface area contributed by atoms with Crippen molar-refractivity contribution in [1.82, 2.24) is 9.88 Å². The molecule has 1 aliphatic heterocycles. The number of amides is 1. The van der Waals surface area contributed by atoms with Crippen molar-refractivity contribution in [3.63, 3.8) is 0 Å². The van der Waals surface area contributed by atoms with Crippen molar-refractivity contribution in [1.29, 1.82) is 0 Å². The number of aromatic amines is 1. The molecule has 1 saturated heterocycles. The van der Waals surface area contributed by atoms with Crippen LogP contribution in [-0.2, 0) is 0 Å². The molecule has 0 radical (unpaired) electrons. The molecule has 5 nitrogen and oxygen atoms in total. The van der Waals surface area contributed by atoms with Crippen LogP contribution >= 0.6 is 0 Å². The second-order valence-corrected chi connectivity index (χ2v) is 7.87. The van der Waals surface area contributed by atoms with Gasteiger partial charge in [0.05, 0.1) is 12.5 Å². The van der Waals surface area contributed by atoms with E-state index < -0.39 is 5.41 Å². The summed E-state index contributed by atoms with van der Waals surface area (Å²) < 4.78 is 5.27. The Morgan fingerprint density at radius 1 is 1.21 bits per heavy atom. The number of carbonyl (C=O) groups is 2. The van der Waals surface area contributed by atoms with Crippen molar-refractivity contribution in [2.45, 2.75) is 6.42 Å². The van der Waals surface area contributed by atoms with Crippen LogP contribution in [0.3, 0.4) is 0 Å². The summed E-state index contributed by atoms with van der Waals surface area (Å²) in [7, 11) is 1.63. The highest BCUT2D eigenvalue weighted by molar-refractivity contribution is 6.12. The largest absolute Gasteiger partial charge is 0.497 e. The number of aromatic nitrogens is 1. The van der Waals surface area contributed by atoms with Gasteiger partial charge in [-0.1, -0.05) is 24.3 Å². The summed E-state index contributed by atoms with van der Waals surface area (Å²) in [5.74, 6) is 1.07. The summed E-state index contributed by atoms with van der Waals surface area (Å²) in [6, 6.07) is 15.2. The molecule has 6 rings (SSSR count). The number of ether oxygens (including phenoxy) is 1. The number of hydrogen-bond donors (Lipinski definition) is 1. The fraction of sp³-hybridized carbons (Fsp3) is 0.217. The predicted molar refractivity (Wildman–Crippen MR) is 105 cm³/mol. The van der Waals surface area contributed by atoms with Gasteiger partial charge < -0.3 is 14.6 Å². The molecular weight excluding hydrogens is 352 g/mol. The van der Waals surface area contributed by atoms with E-state index in [1.807, 2.05) is 54.6 Å². The first-order valence-corrected chi connectivity index (χ1v) is 9.46. The molecule has 1 spiro atoms. The maximum Gasteiger partial charge on any atom is 0.274 e. The van der Waals surface area contributed by atoms with Crippen LogP contribution in [-0.4, -0.2) is 35.2 Å². The van der Waals surface area contributed by atoms with Gasteiger partial charge >= 0.3 is 0 Å². The summed E-state index contributed by atoms with van der Waals surface area (Å²) in [4.78, 5) is 31.5. The van der Waals surface area contributed by atoms with Gasteiger partial charge in [-0.25, -0.2) is 0 Å². The molecule has 2 fully saturated rings. The Bertz CT molecular complexity index is 1220. The third-order valence-corrected chi connectivity index (χ3v) is 6.46. The van der Waals surface area contributed by atoms with Gasteiger partial charge in [-0.15, -0.1) is 0 Å². The second kappa shape index (κ2) is 5.13. The van der Waals surface area contributed by atoms with Gasteiger partial charge in [0, 0.05) is 28.7 Å². The summed E-state index contributed by atoms with van der Waals surface area (Å²) >= 11 is 0. The lowest BCUT2D eigenvalue weighted by molar-refractivity contribution is 0.0799. The topological polar surface area (TPSA) is 62.4 Å². The molecule has 3 aromatic rings. The van der Waals surface area contributed by atoms with Crippen molar-refractivity contribution in [3.05, 3.63) is 71.0 Å². The molecule has 1 aromatic heterocycles. The lowest BCUT2D eigenvalue weighted by Crippen LogP contribution is -2.34. The fourth-order valence-electron chi connectivity index (χ4n) is 4.93. The van der Waals surface area contributed by atoms with E-state index >= 15 is 0 Å². The number of allylic oxidation sites excluding steroid dienone is 1. The van der Waals surface area contributed by atoms with E-state index in [1.54, 1.807) is 12.0 Å². The third kappa shape index (κ3) is 1.86. The Kier molecular flexibility index (Phi) is 2.88. The number of piperidine rings is 1. The third-order valence-electron chi connectivity index (χ3n) is 6.46. The number of methoxy groups -OCH3 is 1. The van der Waals surface area contributed by atoms with Crippen molar-refractivity contribution in [2.24, 2.45) is 11.3 Å². The first-order valence-electron chi connectivity index (χ1n) is 9.46. The molecule has 2 atom stereocenters. The standard InChI is InChI=1S/C23H18N2O3/c1-28-16-6-7-18-14(8-16)9-19(24-18)22(27)25-12-15-11-23(15)20(25)10-13-4-2-3-5-17(13)21(23)26/h2-10,15,24H,11-12H2,1H3/t15-,23+/m0/s1. The number of Topliss-reactive ketones (excluding diaryl/α,β-unsaturated/α-hetero) is 1. The summed E-state index contributed by atoms with van der Waals surface area (Å²) in [6.45, 7) is 0.600. The fourth-order valence-corrected chi connectivity index (χ4v) is 4.93. The molecule has 0 bridgehead atoms. The SMILES string of the molecule is COc1ccc2[nH]c(C(=O)N3C[C@@H]4C[C@@]45C(=O)c4ccccc4C=C35)cc2c1. The van der Waals surface area contributed by atoms with Gasteiger partial charge in [0.25, 0.3) is 5.91 Å². The van der Waals surface area contributed by atoms with Gasteiger partial charge in [0.1, 0.15) is 11.4 Å². The van der Waals surface area contributed by atoms with E-state index in [1.165, 1.54) is 0 Å². The summed E-state index contributed by atoms with van der Waals surface area (Å²) in [5.41, 5.74) is 3.48. The molecule has 0 unspecified atom stereocenters. The van der Waals surface area contributed by atoms with Crippen molar-refractivity contribution < 1.29 is 14.3 Å². The molecule has 28 heavy (non-hydrogen) atoms. The number of nitrogens with one attached hydrogen (secondary N) is 1. The van der Waals surface area contributed by atoms with E-state index in [4.69, 9.17) is 4.74 Å². The number of nitrogens with zero attached hydrogens (tertiary/aromatic N) is 1. The molecule has 1 amide bonds. The Labute approximate surface area is 161 Å². The highest BCUT2D eigenvalue weighted by Gasteiger charge is 2.69. The number of rotatable bonds is 2. The maximum absolute atomic E-state index is 13.3. The molecule has 5 heteroatoms. The number of fused-ring (bicyclic) bond motifs is 2. The van der Waals surface area contributed by atoms with E-state index in [0.717, 1.165) is 39.9 Å². The smallest absolute Gasteiger partial charge is 0.274 e. The van der Waals surface area contributed by atoms with Crippen molar-refractivity contribution >= 4 is 28.7 Å². The number of H-pyrrole nitrogens is 1. The second-order valence-electron chi connectivity index (χ2n) is 7.87. The minimum atomic E-state index is -0.487. The number of hydrogen-bond acceptors (Lipinski definition) is 3. The van der Waals surface area contributed by atoms with Crippen molar-refractivity contribution in [3.8, 4) is 5.75 Å². The zero-order valence-corrected chi connectivity index (χ0v) is 15.4. The van der Waals surface area contributed by atoms with Gasteiger partial charge in [0.2, 0.25) is 0 Å². The Morgan fingerprint density at radius 2 is 2.07 bits per heavy atom. The first kappa shape index (κ1) is 15.7. The molecule has 2 aromatic carbocycles. The highest BCUT2D eigenvalue weighted by Crippen LogP contribution is 2.67. The average Bonchev–Trinajstić information content (AvgIpc) is 3.12. The Hall–Kier alpha value is -3.34. The van der Waals surface area contributed by atoms with Gasteiger partial charge in [-0.3, -0.25) is 9.59 Å². The van der Waals surface area contributed by atoms with Gasteiger partial charge in [-0.05, 0) is 48.2 Å². The monoisotopic (exact) mass is 370 g/mol. The van der Waals surface area contributed by atoms with E-state index in [9.17, 15) is 9.59 Å². The van der Waals surface area contributed by atoms with Crippen LogP contribution < -0.4 is 4.74 Å². The van der Waals surface area contributed by atoms with Crippen LogP contribution in [0.5, 0.6) is 5.75 Å². The molecule has 1 saturated carbocycles. The van der Waals surface area contributed by atoms with Crippen LogP contribution in [0.1, 0.15) is 32.8 Å². The van der Waals surface area contributed by atoms with Gasteiger partial charge in [-0.2, -0.15) is 0 Å². The lowest BCUT2D eigenvalue weighted by Gasteiger charge is -2.28. The number of benzene rings is 2. The van der Waals surface area contributed by atoms with Crippen LogP contribution in [0.4, 0.5) is 0 Å². The lowest BCUT2D eigenvalue weighted by atomic mass is 9.83. The predicted octanol–water partition coefficient (Wildman–Crippen LogP) is 3.88. The maximum atomic E-state index is 13.3. The molecule has 1 N–H and O–H groups in total. The summed E-state index contributed by atoms with van der Waals surface area (Å²) in [6.07, 6.45) is 2.88. The van der Waals surface area contributed by atoms with E-state index in [2.05, 4.69) is 4.98 Å². The Morgan fingerprint density at radius 3 is 2.93 bits per heavy atom. The molecule has 138 valence electrons. The quantitative estimate of drug-likeness (QED) is 0.745. The van der Waals surface area contributed by atoms with Crippen LogP contribution in [0.25, 0.3) is 17.0 Å². The van der Waals surface area contributed by atoms with E-state index in [0.29, 0.717) is 12.2 Å². The zero-order chi connectivity index (χ0) is 19.0. The minimum absolute atomic E-state index is 0.0832. The van der Waals surface area contributed by atoms with Crippen LogP contribution in [0.2, 0.25) is 0 Å². The number of ketones is 1. The first-order chi connectivity index (χ1) is 13.6. The molecule has 2 heterocycles. The molecule has 3 aliphatic rings. The zero-order valence-electron chi connectivity index (χ0n) is 15.4. The van der Waals surface area contributed by atoms with Crippen molar-refractivity contribution in [2.75, 3.05) is 13.7 Å². The molecular formula is C23H18N2O3. The Balaban J connectivity index is 1.42. The average molecular weight is 370 g/mol.